The highest BCUT2D eigenvalue weighted by molar-refractivity contribution is 5.92. The molecule has 1 rings (SSSR count). The van der Waals surface area contributed by atoms with E-state index in [2.05, 4.69) is 15.0 Å². The van der Waals surface area contributed by atoms with E-state index in [-0.39, 0.29) is 18.2 Å². The summed E-state index contributed by atoms with van der Waals surface area (Å²) in [6.07, 6.45) is 1.42. The van der Waals surface area contributed by atoms with Crippen LogP contribution in [0.1, 0.15) is 29.4 Å². The molecule has 94 valence electrons. The van der Waals surface area contributed by atoms with Crippen molar-refractivity contribution in [3.05, 3.63) is 29.6 Å². The van der Waals surface area contributed by atoms with Crippen LogP contribution in [-0.2, 0) is 9.53 Å². The van der Waals surface area contributed by atoms with Gasteiger partial charge >= 0.3 is 5.97 Å². The molecule has 18 heavy (non-hydrogen) atoms. The van der Waals surface area contributed by atoms with Crippen LogP contribution in [0.4, 0.5) is 0 Å². The van der Waals surface area contributed by atoms with Gasteiger partial charge in [0, 0.05) is 12.2 Å². The topological polar surface area (TPSA) is 92.1 Å². The minimum atomic E-state index is -0.393. The van der Waals surface area contributed by atoms with Gasteiger partial charge in [0.25, 0.3) is 5.91 Å². The SMILES string of the molecule is COC(=O)CC(C)NC(=O)c1ccc(C#N)cn1. The number of carbonyl (C=O) groups is 2. The molecule has 0 saturated heterocycles. The number of ether oxygens (including phenoxy) is 1. The quantitative estimate of drug-likeness (QED) is 0.788. The Morgan fingerprint density at radius 3 is 2.78 bits per heavy atom. The van der Waals surface area contributed by atoms with E-state index >= 15 is 0 Å². The van der Waals surface area contributed by atoms with Gasteiger partial charge in [-0.2, -0.15) is 5.26 Å². The summed E-state index contributed by atoms with van der Waals surface area (Å²) in [6.45, 7) is 1.69. The average molecular weight is 247 g/mol. The molecule has 0 aliphatic rings. The fourth-order valence-electron chi connectivity index (χ4n) is 1.28. The molecule has 0 aliphatic heterocycles. The lowest BCUT2D eigenvalue weighted by molar-refractivity contribution is -0.141. The number of nitrogens with one attached hydrogen (secondary N) is 1. The number of esters is 1. The van der Waals surface area contributed by atoms with Crippen LogP contribution in [0, 0.1) is 11.3 Å². The van der Waals surface area contributed by atoms with Gasteiger partial charge in [-0.1, -0.05) is 0 Å². The zero-order chi connectivity index (χ0) is 13.5. The summed E-state index contributed by atoms with van der Waals surface area (Å²) in [5, 5.41) is 11.2. The number of hydrogen-bond acceptors (Lipinski definition) is 5. The lowest BCUT2D eigenvalue weighted by Crippen LogP contribution is -2.34. The number of nitrogens with zero attached hydrogens (tertiary/aromatic N) is 2. The van der Waals surface area contributed by atoms with Crippen molar-refractivity contribution >= 4 is 11.9 Å². The normalized spacial score (nSPS) is 11.2. The van der Waals surface area contributed by atoms with E-state index in [1.54, 1.807) is 6.92 Å². The van der Waals surface area contributed by atoms with Gasteiger partial charge < -0.3 is 10.1 Å². The molecule has 1 heterocycles. The van der Waals surface area contributed by atoms with Crippen molar-refractivity contribution in [2.24, 2.45) is 0 Å². The van der Waals surface area contributed by atoms with Crippen molar-refractivity contribution in [2.75, 3.05) is 7.11 Å². The molecule has 1 aromatic rings. The standard InChI is InChI=1S/C12H13N3O3/c1-8(5-11(16)18-2)15-12(17)10-4-3-9(6-13)7-14-10/h3-4,7-8H,5H2,1-2H3,(H,15,17). The Labute approximate surface area is 105 Å². The fraction of sp³-hybridized carbons (Fsp3) is 0.333. The van der Waals surface area contributed by atoms with Gasteiger partial charge in [0.15, 0.2) is 0 Å². The summed E-state index contributed by atoms with van der Waals surface area (Å²) < 4.78 is 4.50. The third kappa shape index (κ3) is 3.87. The first kappa shape index (κ1) is 13.6. The predicted octanol–water partition coefficient (Wildman–Crippen LogP) is 0.635. The van der Waals surface area contributed by atoms with Gasteiger partial charge in [-0.15, -0.1) is 0 Å². The largest absolute Gasteiger partial charge is 0.469 e. The number of methoxy groups -OCH3 is 1. The first-order valence-electron chi connectivity index (χ1n) is 5.30. The minimum absolute atomic E-state index is 0.0958. The number of aromatic nitrogens is 1. The first-order chi connectivity index (χ1) is 8.56. The van der Waals surface area contributed by atoms with Crippen molar-refractivity contribution in [3.63, 3.8) is 0 Å². The van der Waals surface area contributed by atoms with Gasteiger partial charge in [-0.25, -0.2) is 4.98 Å². The van der Waals surface area contributed by atoms with Gasteiger partial charge in [0.05, 0.1) is 19.1 Å². The van der Waals surface area contributed by atoms with Crippen molar-refractivity contribution in [2.45, 2.75) is 19.4 Å². The Bertz CT molecular complexity index is 476. The summed E-state index contributed by atoms with van der Waals surface area (Å²) in [5.74, 6) is -0.786. The van der Waals surface area contributed by atoms with E-state index in [1.165, 1.54) is 25.4 Å². The Morgan fingerprint density at radius 2 is 2.28 bits per heavy atom. The lowest BCUT2D eigenvalue weighted by atomic mass is 10.2. The highest BCUT2D eigenvalue weighted by Gasteiger charge is 2.14. The molecule has 1 amide bonds. The highest BCUT2D eigenvalue weighted by atomic mass is 16.5. The molecular weight excluding hydrogens is 234 g/mol. The van der Waals surface area contributed by atoms with Crippen molar-refractivity contribution < 1.29 is 14.3 Å². The first-order valence-corrected chi connectivity index (χ1v) is 5.30. The molecule has 1 N–H and O–H groups in total. The molecule has 0 radical (unpaired) electrons. The molecular formula is C12H13N3O3. The third-order valence-electron chi connectivity index (χ3n) is 2.20. The zero-order valence-corrected chi connectivity index (χ0v) is 10.1. The number of carbonyl (C=O) groups excluding carboxylic acids is 2. The Hall–Kier alpha value is -2.42. The second kappa shape index (κ2) is 6.35. The number of hydrogen-bond donors (Lipinski definition) is 1. The van der Waals surface area contributed by atoms with Crippen LogP contribution in [-0.4, -0.2) is 30.0 Å². The Kier molecular flexibility index (Phi) is 4.81. The van der Waals surface area contributed by atoms with Crippen LogP contribution in [0.25, 0.3) is 0 Å². The molecule has 6 heteroatoms. The van der Waals surface area contributed by atoms with E-state index < -0.39 is 11.9 Å². The number of rotatable bonds is 4. The van der Waals surface area contributed by atoms with E-state index in [0.29, 0.717) is 5.56 Å². The van der Waals surface area contributed by atoms with Gasteiger partial charge in [0.1, 0.15) is 11.8 Å². The molecule has 0 fully saturated rings. The highest BCUT2D eigenvalue weighted by Crippen LogP contribution is 2.00. The number of pyridine rings is 1. The molecule has 0 spiro atoms. The van der Waals surface area contributed by atoms with E-state index in [9.17, 15) is 9.59 Å². The fourth-order valence-corrected chi connectivity index (χ4v) is 1.28. The molecule has 1 aromatic heterocycles. The van der Waals surface area contributed by atoms with E-state index in [4.69, 9.17) is 5.26 Å². The summed E-state index contributed by atoms with van der Waals surface area (Å²) in [6, 6.07) is 4.53. The maximum Gasteiger partial charge on any atom is 0.307 e. The van der Waals surface area contributed by atoms with E-state index in [1.807, 2.05) is 6.07 Å². The van der Waals surface area contributed by atoms with Crippen LogP contribution < -0.4 is 5.32 Å². The molecule has 0 bridgehead atoms. The third-order valence-corrected chi connectivity index (χ3v) is 2.20. The molecule has 0 saturated carbocycles. The second-order valence-corrected chi connectivity index (χ2v) is 3.70. The second-order valence-electron chi connectivity index (χ2n) is 3.70. The predicted molar refractivity (Wildman–Crippen MR) is 62.5 cm³/mol. The molecule has 0 aliphatic carbocycles. The summed E-state index contributed by atoms with van der Waals surface area (Å²) in [4.78, 5) is 26.6. The summed E-state index contributed by atoms with van der Waals surface area (Å²) >= 11 is 0. The van der Waals surface area contributed by atoms with Gasteiger partial charge in [0.2, 0.25) is 0 Å². The van der Waals surface area contributed by atoms with Crippen LogP contribution in [0.5, 0.6) is 0 Å². The Balaban J connectivity index is 2.59. The van der Waals surface area contributed by atoms with Crippen LogP contribution in [0.2, 0.25) is 0 Å². The van der Waals surface area contributed by atoms with Gasteiger partial charge in [-0.05, 0) is 19.1 Å². The van der Waals surface area contributed by atoms with Crippen LogP contribution in [0.15, 0.2) is 18.3 Å². The van der Waals surface area contributed by atoms with Crippen molar-refractivity contribution in [1.29, 1.82) is 5.26 Å². The van der Waals surface area contributed by atoms with Gasteiger partial charge in [-0.3, -0.25) is 9.59 Å². The molecule has 0 aromatic carbocycles. The zero-order valence-electron chi connectivity index (χ0n) is 10.1. The smallest absolute Gasteiger partial charge is 0.307 e. The number of amides is 1. The molecule has 6 nitrogen and oxygen atoms in total. The van der Waals surface area contributed by atoms with Crippen molar-refractivity contribution in [1.82, 2.24) is 10.3 Å². The van der Waals surface area contributed by atoms with E-state index in [0.717, 1.165) is 0 Å². The monoisotopic (exact) mass is 247 g/mol. The van der Waals surface area contributed by atoms with Crippen LogP contribution >= 0.6 is 0 Å². The number of nitriles is 1. The maximum atomic E-state index is 11.7. The average Bonchev–Trinajstić information content (AvgIpc) is 2.38. The molecule has 1 unspecified atom stereocenters. The lowest BCUT2D eigenvalue weighted by Gasteiger charge is -2.11. The molecule has 1 atom stereocenters. The summed E-state index contributed by atoms with van der Waals surface area (Å²) in [7, 11) is 1.29. The maximum absolute atomic E-state index is 11.7. The summed E-state index contributed by atoms with van der Waals surface area (Å²) in [5.41, 5.74) is 0.583. The van der Waals surface area contributed by atoms with Crippen LogP contribution in [0.3, 0.4) is 0 Å². The Morgan fingerprint density at radius 1 is 1.56 bits per heavy atom. The van der Waals surface area contributed by atoms with Crippen molar-refractivity contribution in [3.8, 4) is 6.07 Å². The minimum Gasteiger partial charge on any atom is -0.469 e.